The molecule has 170 valence electrons. The number of carboxylic acids is 1. The van der Waals surface area contributed by atoms with Crippen LogP contribution in [-0.2, 0) is 38.1 Å². The molecule has 2 atom stereocenters. The Morgan fingerprint density at radius 3 is 2.13 bits per heavy atom. The van der Waals surface area contributed by atoms with Crippen LogP contribution in [0.3, 0.4) is 0 Å². The summed E-state index contributed by atoms with van der Waals surface area (Å²) >= 11 is 0. The van der Waals surface area contributed by atoms with Crippen molar-refractivity contribution in [2.24, 2.45) is 17.8 Å². The van der Waals surface area contributed by atoms with Gasteiger partial charge in [0.2, 0.25) is 0 Å². The summed E-state index contributed by atoms with van der Waals surface area (Å²) in [5, 5.41) is 9.20. The summed E-state index contributed by atoms with van der Waals surface area (Å²) in [5.41, 5.74) is 0.359. The Morgan fingerprint density at radius 1 is 0.900 bits per heavy atom. The summed E-state index contributed by atoms with van der Waals surface area (Å²) in [6, 6.07) is 0. The maximum atomic E-state index is 12.1. The van der Waals surface area contributed by atoms with Crippen LogP contribution in [-0.4, -0.2) is 62.0 Å². The normalized spacial score (nSPS) is 18.5. The molecule has 0 spiro atoms. The highest BCUT2D eigenvalue weighted by molar-refractivity contribution is 5.88. The van der Waals surface area contributed by atoms with E-state index in [-0.39, 0.29) is 45.4 Å². The second-order valence-electron chi connectivity index (χ2n) is 7.40. The van der Waals surface area contributed by atoms with E-state index < -0.39 is 35.7 Å². The molecule has 0 aromatic carbocycles. The van der Waals surface area contributed by atoms with Crippen molar-refractivity contribution < 1.29 is 43.2 Å². The van der Waals surface area contributed by atoms with E-state index in [9.17, 15) is 24.3 Å². The monoisotopic (exact) mass is 428 g/mol. The van der Waals surface area contributed by atoms with Gasteiger partial charge in [0.1, 0.15) is 19.8 Å². The SMILES string of the molecule is C=C(C(=O)OCCOC(=O)CCOCCOC(=O)C1CCCCC1C(=O)O)C(C)C. The Hall–Kier alpha value is -2.42. The molecule has 30 heavy (non-hydrogen) atoms. The minimum atomic E-state index is -0.967. The van der Waals surface area contributed by atoms with Crippen LogP contribution >= 0.6 is 0 Å². The zero-order chi connectivity index (χ0) is 22.5. The van der Waals surface area contributed by atoms with Crippen molar-refractivity contribution in [3.63, 3.8) is 0 Å². The van der Waals surface area contributed by atoms with E-state index in [4.69, 9.17) is 18.9 Å². The van der Waals surface area contributed by atoms with Crippen LogP contribution in [0.15, 0.2) is 12.2 Å². The molecule has 0 aromatic heterocycles. The van der Waals surface area contributed by atoms with Crippen molar-refractivity contribution >= 4 is 23.9 Å². The zero-order valence-corrected chi connectivity index (χ0v) is 17.7. The van der Waals surface area contributed by atoms with Crippen LogP contribution in [0.1, 0.15) is 46.0 Å². The van der Waals surface area contributed by atoms with E-state index in [1.807, 2.05) is 13.8 Å². The summed E-state index contributed by atoms with van der Waals surface area (Å²) in [6.45, 7) is 7.35. The third-order valence-corrected chi connectivity index (χ3v) is 4.85. The molecule has 1 aliphatic rings. The third-order valence-electron chi connectivity index (χ3n) is 4.85. The Bertz CT molecular complexity index is 612. The number of carbonyl (C=O) groups excluding carboxylic acids is 3. The van der Waals surface area contributed by atoms with E-state index in [1.165, 1.54) is 0 Å². The fourth-order valence-electron chi connectivity index (χ4n) is 2.96. The summed E-state index contributed by atoms with van der Waals surface area (Å²) in [5.74, 6) is -3.81. The number of ether oxygens (including phenoxy) is 4. The van der Waals surface area contributed by atoms with Gasteiger partial charge in [-0.1, -0.05) is 33.3 Å². The number of rotatable bonds is 13. The minimum Gasteiger partial charge on any atom is -0.481 e. The lowest BCUT2D eigenvalue weighted by Crippen LogP contribution is -2.34. The van der Waals surface area contributed by atoms with E-state index >= 15 is 0 Å². The number of esters is 3. The highest BCUT2D eigenvalue weighted by atomic mass is 16.6. The Kier molecular flexibility index (Phi) is 11.7. The minimum absolute atomic E-state index is 0.00427. The van der Waals surface area contributed by atoms with E-state index in [1.54, 1.807) is 0 Å². The molecule has 1 saturated carbocycles. The summed E-state index contributed by atoms with van der Waals surface area (Å²) < 4.78 is 20.2. The van der Waals surface area contributed by atoms with Gasteiger partial charge in [-0.15, -0.1) is 0 Å². The summed E-state index contributed by atoms with van der Waals surface area (Å²) in [4.78, 5) is 46.4. The maximum absolute atomic E-state index is 12.1. The fourth-order valence-corrected chi connectivity index (χ4v) is 2.96. The first kappa shape index (κ1) is 25.6. The van der Waals surface area contributed by atoms with Crippen LogP contribution in [0.2, 0.25) is 0 Å². The lowest BCUT2D eigenvalue weighted by Gasteiger charge is -2.26. The van der Waals surface area contributed by atoms with Gasteiger partial charge in [0.25, 0.3) is 0 Å². The van der Waals surface area contributed by atoms with Gasteiger partial charge in [-0.05, 0) is 18.8 Å². The predicted octanol–water partition coefficient (Wildman–Crippen LogP) is 2.13. The molecule has 0 saturated heterocycles. The number of hydrogen-bond acceptors (Lipinski definition) is 8. The van der Waals surface area contributed by atoms with Gasteiger partial charge in [0.05, 0.1) is 31.5 Å². The summed E-state index contributed by atoms with van der Waals surface area (Å²) in [7, 11) is 0. The molecule has 2 unspecified atom stereocenters. The average Bonchev–Trinajstić information content (AvgIpc) is 2.72. The second kappa shape index (κ2) is 13.7. The number of hydrogen-bond donors (Lipinski definition) is 1. The molecule has 9 heteroatoms. The van der Waals surface area contributed by atoms with Crippen molar-refractivity contribution in [3.05, 3.63) is 12.2 Å². The van der Waals surface area contributed by atoms with Gasteiger partial charge in [0.15, 0.2) is 0 Å². The van der Waals surface area contributed by atoms with Crippen molar-refractivity contribution in [2.75, 3.05) is 33.0 Å². The van der Waals surface area contributed by atoms with Crippen LogP contribution in [0.4, 0.5) is 0 Å². The molecule has 0 amide bonds. The number of aliphatic carboxylic acids is 1. The molecule has 0 aromatic rings. The molecular weight excluding hydrogens is 396 g/mol. The molecule has 1 N–H and O–H groups in total. The Balaban J connectivity index is 2.07. The molecule has 1 aliphatic carbocycles. The number of carboxylic acid groups (broad SMARTS) is 1. The van der Waals surface area contributed by atoms with E-state index in [0.29, 0.717) is 18.4 Å². The van der Waals surface area contributed by atoms with Gasteiger partial charge >= 0.3 is 23.9 Å². The lowest BCUT2D eigenvalue weighted by atomic mass is 9.79. The molecule has 0 aliphatic heterocycles. The van der Waals surface area contributed by atoms with Crippen LogP contribution < -0.4 is 0 Å². The molecule has 0 heterocycles. The first-order valence-corrected chi connectivity index (χ1v) is 10.2. The summed E-state index contributed by atoms with van der Waals surface area (Å²) in [6.07, 6.45) is 2.62. The molecule has 1 fully saturated rings. The van der Waals surface area contributed by atoms with Crippen molar-refractivity contribution in [2.45, 2.75) is 46.0 Å². The Morgan fingerprint density at radius 2 is 1.50 bits per heavy atom. The van der Waals surface area contributed by atoms with Gasteiger partial charge in [-0.2, -0.15) is 0 Å². The largest absolute Gasteiger partial charge is 0.481 e. The first-order chi connectivity index (χ1) is 14.2. The first-order valence-electron chi connectivity index (χ1n) is 10.2. The lowest BCUT2D eigenvalue weighted by molar-refractivity contribution is -0.160. The van der Waals surface area contributed by atoms with Crippen molar-refractivity contribution in [1.82, 2.24) is 0 Å². The van der Waals surface area contributed by atoms with E-state index in [0.717, 1.165) is 12.8 Å². The molecule has 9 nitrogen and oxygen atoms in total. The molecule has 1 rings (SSSR count). The highest BCUT2D eigenvalue weighted by Crippen LogP contribution is 2.31. The third kappa shape index (κ3) is 9.39. The van der Waals surface area contributed by atoms with Gasteiger partial charge in [-0.3, -0.25) is 14.4 Å². The number of carbonyl (C=O) groups is 4. The van der Waals surface area contributed by atoms with E-state index in [2.05, 4.69) is 6.58 Å². The maximum Gasteiger partial charge on any atom is 0.333 e. The van der Waals surface area contributed by atoms with Crippen LogP contribution in [0, 0.1) is 17.8 Å². The predicted molar refractivity (Wildman–Crippen MR) is 105 cm³/mol. The average molecular weight is 428 g/mol. The second-order valence-corrected chi connectivity index (χ2v) is 7.40. The van der Waals surface area contributed by atoms with Gasteiger partial charge < -0.3 is 24.1 Å². The highest BCUT2D eigenvalue weighted by Gasteiger charge is 2.36. The fraction of sp³-hybridized carbons (Fsp3) is 0.714. The topological polar surface area (TPSA) is 125 Å². The Labute approximate surface area is 176 Å². The molecule has 0 bridgehead atoms. The van der Waals surface area contributed by atoms with Gasteiger partial charge in [-0.25, -0.2) is 4.79 Å². The van der Waals surface area contributed by atoms with Gasteiger partial charge in [0, 0.05) is 5.57 Å². The van der Waals surface area contributed by atoms with Crippen LogP contribution in [0.5, 0.6) is 0 Å². The standard InChI is InChI=1S/C21H32O9/c1-14(2)15(3)20(25)29-13-12-28-18(22)8-9-27-10-11-30-21(26)17-7-5-4-6-16(17)19(23)24/h14,16-17H,3-13H2,1-2H3,(H,23,24). The van der Waals surface area contributed by atoms with Crippen LogP contribution in [0.25, 0.3) is 0 Å². The molecular formula is C21H32O9. The zero-order valence-electron chi connectivity index (χ0n) is 17.7. The quantitative estimate of drug-likeness (QED) is 0.203. The smallest absolute Gasteiger partial charge is 0.333 e. The van der Waals surface area contributed by atoms with Crippen molar-refractivity contribution in [1.29, 1.82) is 0 Å². The molecule has 0 radical (unpaired) electrons. The van der Waals surface area contributed by atoms with Crippen molar-refractivity contribution in [3.8, 4) is 0 Å².